The van der Waals surface area contributed by atoms with Crippen molar-refractivity contribution in [2.45, 2.75) is 11.4 Å². The highest BCUT2D eigenvalue weighted by Crippen LogP contribution is 2.20. The first kappa shape index (κ1) is 15.7. The Morgan fingerprint density at radius 3 is 2.24 bits per heavy atom. The largest absolute Gasteiger partial charge is 0.497 e. The first-order valence-corrected chi connectivity index (χ1v) is 7.93. The molecule has 1 N–H and O–H groups in total. The van der Waals surface area contributed by atoms with Crippen LogP contribution in [0.4, 0.5) is 0 Å². The zero-order valence-electron chi connectivity index (χ0n) is 12.5. The Hall–Kier alpha value is -1.65. The van der Waals surface area contributed by atoms with Gasteiger partial charge in [-0.05, 0) is 49.0 Å². The molecular formula is C17H21NO2S. The van der Waals surface area contributed by atoms with Gasteiger partial charge in [-0.15, -0.1) is 11.8 Å². The quantitative estimate of drug-likeness (QED) is 0.596. The van der Waals surface area contributed by atoms with Crippen LogP contribution in [0.15, 0.2) is 53.4 Å². The first-order chi connectivity index (χ1) is 10.3. The molecule has 0 radical (unpaired) electrons. The Morgan fingerprint density at radius 2 is 1.62 bits per heavy atom. The molecule has 112 valence electrons. The van der Waals surface area contributed by atoms with E-state index in [1.54, 1.807) is 18.9 Å². The van der Waals surface area contributed by atoms with Crippen LogP contribution in [0.3, 0.4) is 0 Å². The highest BCUT2D eigenvalue weighted by atomic mass is 32.2. The minimum absolute atomic E-state index is 0.690. The highest BCUT2D eigenvalue weighted by molar-refractivity contribution is 7.99. The number of methoxy groups -OCH3 is 1. The normalized spacial score (nSPS) is 10.4. The smallest absolute Gasteiger partial charge is 0.119 e. The van der Waals surface area contributed by atoms with Crippen LogP contribution in [-0.4, -0.2) is 26.5 Å². The minimum atomic E-state index is 0.690. The molecular weight excluding hydrogens is 282 g/mol. The van der Waals surface area contributed by atoms with Gasteiger partial charge in [0, 0.05) is 17.2 Å². The van der Waals surface area contributed by atoms with Crippen molar-refractivity contribution in [3.8, 4) is 11.5 Å². The lowest BCUT2D eigenvalue weighted by molar-refractivity contribution is 0.342. The number of thioether (sulfide) groups is 1. The van der Waals surface area contributed by atoms with Crippen molar-refractivity contribution in [1.82, 2.24) is 5.32 Å². The third-order valence-electron chi connectivity index (χ3n) is 2.98. The van der Waals surface area contributed by atoms with Crippen molar-refractivity contribution in [2.75, 3.05) is 26.5 Å². The van der Waals surface area contributed by atoms with Crippen LogP contribution in [0.5, 0.6) is 11.5 Å². The molecule has 0 spiro atoms. The summed E-state index contributed by atoms with van der Waals surface area (Å²) in [6.45, 7) is 1.60. The summed E-state index contributed by atoms with van der Waals surface area (Å²) < 4.78 is 10.8. The van der Waals surface area contributed by atoms with Crippen molar-refractivity contribution in [2.24, 2.45) is 0 Å². The number of nitrogens with one attached hydrogen (secondary N) is 1. The van der Waals surface area contributed by atoms with Gasteiger partial charge in [0.05, 0.1) is 13.7 Å². The molecule has 0 aliphatic heterocycles. The van der Waals surface area contributed by atoms with E-state index in [1.165, 1.54) is 10.5 Å². The van der Waals surface area contributed by atoms with Crippen molar-refractivity contribution in [3.05, 3.63) is 54.1 Å². The molecule has 3 nitrogen and oxygen atoms in total. The number of hydrogen-bond donors (Lipinski definition) is 1. The summed E-state index contributed by atoms with van der Waals surface area (Å²) in [6, 6.07) is 16.3. The maximum absolute atomic E-state index is 5.70. The van der Waals surface area contributed by atoms with Gasteiger partial charge < -0.3 is 14.8 Å². The lowest BCUT2D eigenvalue weighted by Crippen LogP contribution is -2.04. The van der Waals surface area contributed by atoms with E-state index in [9.17, 15) is 0 Å². The van der Waals surface area contributed by atoms with Crippen LogP contribution in [-0.2, 0) is 6.54 Å². The number of rotatable bonds is 8. The Kier molecular flexibility index (Phi) is 6.44. The highest BCUT2D eigenvalue weighted by Gasteiger charge is 1.98. The summed E-state index contributed by atoms with van der Waals surface area (Å²) in [5, 5.41) is 3.15. The average molecular weight is 303 g/mol. The summed E-state index contributed by atoms with van der Waals surface area (Å²) in [6.07, 6.45) is 0. The van der Waals surface area contributed by atoms with Gasteiger partial charge in [0.15, 0.2) is 0 Å². The maximum Gasteiger partial charge on any atom is 0.119 e. The predicted octanol–water partition coefficient (Wildman–Crippen LogP) is 3.59. The van der Waals surface area contributed by atoms with Crippen LogP contribution in [0.25, 0.3) is 0 Å². The monoisotopic (exact) mass is 303 g/mol. The van der Waals surface area contributed by atoms with E-state index in [0.29, 0.717) is 6.61 Å². The molecule has 21 heavy (non-hydrogen) atoms. The van der Waals surface area contributed by atoms with Gasteiger partial charge in [-0.2, -0.15) is 0 Å². The first-order valence-electron chi connectivity index (χ1n) is 6.95. The van der Waals surface area contributed by atoms with Crippen LogP contribution >= 0.6 is 11.8 Å². The molecule has 0 saturated carbocycles. The van der Waals surface area contributed by atoms with Crippen LogP contribution in [0.2, 0.25) is 0 Å². The van der Waals surface area contributed by atoms with Gasteiger partial charge in [-0.3, -0.25) is 0 Å². The molecule has 0 atom stereocenters. The van der Waals surface area contributed by atoms with E-state index >= 15 is 0 Å². The molecule has 2 rings (SSSR count). The Bertz CT molecular complexity index is 525. The Morgan fingerprint density at radius 1 is 0.952 bits per heavy atom. The third-order valence-corrected chi connectivity index (χ3v) is 3.96. The fourth-order valence-electron chi connectivity index (χ4n) is 1.90. The van der Waals surface area contributed by atoms with E-state index in [1.807, 2.05) is 31.3 Å². The molecule has 0 fully saturated rings. The van der Waals surface area contributed by atoms with Gasteiger partial charge in [-0.25, -0.2) is 0 Å². The lowest BCUT2D eigenvalue weighted by Gasteiger charge is -2.07. The number of hydrogen-bond acceptors (Lipinski definition) is 4. The number of benzene rings is 2. The van der Waals surface area contributed by atoms with Gasteiger partial charge >= 0.3 is 0 Å². The van der Waals surface area contributed by atoms with E-state index in [2.05, 4.69) is 29.6 Å². The summed E-state index contributed by atoms with van der Waals surface area (Å²) in [4.78, 5) is 1.27. The zero-order chi connectivity index (χ0) is 14.9. The second kappa shape index (κ2) is 8.60. The molecule has 2 aromatic rings. The van der Waals surface area contributed by atoms with Crippen LogP contribution < -0.4 is 14.8 Å². The predicted molar refractivity (Wildman–Crippen MR) is 88.4 cm³/mol. The molecule has 0 unspecified atom stereocenters. The molecule has 4 heteroatoms. The van der Waals surface area contributed by atoms with Crippen molar-refractivity contribution in [3.63, 3.8) is 0 Å². The zero-order valence-corrected chi connectivity index (χ0v) is 13.3. The average Bonchev–Trinajstić information content (AvgIpc) is 2.54. The van der Waals surface area contributed by atoms with Gasteiger partial charge in [0.25, 0.3) is 0 Å². The van der Waals surface area contributed by atoms with Crippen molar-refractivity contribution >= 4 is 11.8 Å². The fraction of sp³-hybridized carbons (Fsp3) is 0.294. The second-order valence-electron chi connectivity index (χ2n) is 4.55. The van der Waals surface area contributed by atoms with Crippen molar-refractivity contribution in [1.29, 1.82) is 0 Å². The fourth-order valence-corrected chi connectivity index (χ4v) is 2.63. The summed E-state index contributed by atoms with van der Waals surface area (Å²) in [7, 11) is 3.62. The molecule has 0 bridgehead atoms. The molecule has 0 heterocycles. The lowest BCUT2D eigenvalue weighted by atomic mass is 10.2. The van der Waals surface area contributed by atoms with Gasteiger partial charge in [0.1, 0.15) is 11.5 Å². The molecule has 0 amide bonds. The standard InChI is InChI=1S/C17H21NO2S/c1-18-13-14-3-9-17(10-4-14)21-12-11-20-16-7-5-15(19-2)6-8-16/h3-10,18H,11-13H2,1-2H3. The van der Waals surface area contributed by atoms with Gasteiger partial charge in [-0.1, -0.05) is 12.1 Å². The number of ether oxygens (including phenoxy) is 2. The second-order valence-corrected chi connectivity index (χ2v) is 5.72. The van der Waals surface area contributed by atoms with E-state index in [4.69, 9.17) is 9.47 Å². The van der Waals surface area contributed by atoms with Crippen LogP contribution in [0, 0.1) is 0 Å². The SMILES string of the molecule is CNCc1ccc(SCCOc2ccc(OC)cc2)cc1. The Labute approximate surface area is 130 Å². The molecule has 0 aromatic heterocycles. The maximum atomic E-state index is 5.70. The minimum Gasteiger partial charge on any atom is -0.497 e. The Balaban J connectivity index is 1.71. The topological polar surface area (TPSA) is 30.5 Å². The van der Waals surface area contributed by atoms with E-state index in [0.717, 1.165) is 23.8 Å². The van der Waals surface area contributed by atoms with Crippen molar-refractivity contribution < 1.29 is 9.47 Å². The molecule has 0 aliphatic rings. The van der Waals surface area contributed by atoms with Crippen LogP contribution in [0.1, 0.15) is 5.56 Å². The van der Waals surface area contributed by atoms with E-state index in [-0.39, 0.29) is 0 Å². The van der Waals surface area contributed by atoms with E-state index < -0.39 is 0 Å². The third kappa shape index (κ3) is 5.33. The summed E-state index contributed by atoms with van der Waals surface area (Å²) >= 11 is 1.80. The van der Waals surface area contributed by atoms with Gasteiger partial charge in [0.2, 0.25) is 0 Å². The molecule has 0 aliphatic carbocycles. The molecule has 0 saturated heterocycles. The summed E-state index contributed by atoms with van der Waals surface area (Å²) in [5.41, 5.74) is 1.30. The molecule has 2 aromatic carbocycles. The summed E-state index contributed by atoms with van der Waals surface area (Å²) in [5.74, 6) is 2.65.